The number of nitrogens with zero attached hydrogens (tertiary/aromatic N) is 5. The summed E-state index contributed by atoms with van der Waals surface area (Å²) in [5.41, 5.74) is 3.75. The molecule has 3 N–H and O–H groups in total. The molecular weight excluding hydrogens is 776 g/mol. The predicted octanol–water partition coefficient (Wildman–Crippen LogP) is 3.31. The van der Waals surface area contributed by atoms with Crippen LogP contribution in [0.3, 0.4) is 0 Å². The molecule has 0 saturated carbocycles. The zero-order chi connectivity index (χ0) is 40.4. The standard InChI is InChI=1S/C39H39ClN8O8S/c1-20-21(2)57-39-32(20)34(23-8-10-24(40)11-9-23)43-26(35-46-45-22(3)47(35)39)18-30(50)42-15-17-55-16-5-14-41-31(51)19-56-28-7-4-6-25-33(28)38(54)48(37(25)53)27-12-13-29(49)44-36(27)52/h4,6-11,26-27H,5,12-19H2,1-3H3,(H,41,51)(H,42,50)(H,44,49,52)/t26-,27?/m0/s1. The molecule has 7 rings (SSSR count). The largest absolute Gasteiger partial charge is 0.483 e. The van der Waals surface area contributed by atoms with Crippen LogP contribution in [0, 0.1) is 20.8 Å². The van der Waals surface area contributed by atoms with Gasteiger partial charge in [0.05, 0.1) is 29.9 Å². The Bertz CT molecular complexity index is 2320. The van der Waals surface area contributed by atoms with Crippen LogP contribution in [0.4, 0.5) is 0 Å². The number of aryl methyl sites for hydroxylation is 2. The molecule has 1 unspecified atom stereocenters. The van der Waals surface area contributed by atoms with Gasteiger partial charge in [-0.3, -0.25) is 48.5 Å². The lowest BCUT2D eigenvalue weighted by molar-refractivity contribution is -0.136. The Hall–Kier alpha value is -5.78. The highest BCUT2D eigenvalue weighted by molar-refractivity contribution is 7.15. The van der Waals surface area contributed by atoms with Gasteiger partial charge >= 0.3 is 0 Å². The number of carbonyl (C=O) groups excluding carboxylic acids is 6. The Kier molecular flexibility index (Phi) is 11.6. The molecule has 2 atom stereocenters. The van der Waals surface area contributed by atoms with Gasteiger partial charge in [0.2, 0.25) is 17.7 Å². The minimum absolute atomic E-state index is 0.00193. The van der Waals surface area contributed by atoms with E-state index in [4.69, 9.17) is 26.1 Å². The van der Waals surface area contributed by atoms with Gasteiger partial charge in [-0.1, -0.05) is 29.8 Å². The molecule has 0 radical (unpaired) electrons. The quantitative estimate of drug-likeness (QED) is 0.125. The fraction of sp³-hybridized carbons (Fsp3) is 0.359. The van der Waals surface area contributed by atoms with Crippen LogP contribution in [0.15, 0.2) is 47.5 Å². The second-order valence-electron chi connectivity index (χ2n) is 13.7. The third kappa shape index (κ3) is 8.08. The first-order valence-electron chi connectivity index (χ1n) is 18.4. The summed E-state index contributed by atoms with van der Waals surface area (Å²) in [6.07, 6.45) is 0.557. The average Bonchev–Trinajstić information content (AvgIpc) is 3.76. The Balaban J connectivity index is 0.855. The Morgan fingerprint density at radius 1 is 0.947 bits per heavy atom. The number of hydrogen-bond donors (Lipinski definition) is 3. The predicted molar refractivity (Wildman–Crippen MR) is 208 cm³/mol. The fourth-order valence-electron chi connectivity index (χ4n) is 6.95. The van der Waals surface area contributed by atoms with Crippen molar-refractivity contribution in [2.75, 3.05) is 32.9 Å². The number of fused-ring (bicyclic) bond motifs is 4. The number of thiophene rings is 1. The number of nitrogens with one attached hydrogen (secondary N) is 3. The van der Waals surface area contributed by atoms with Gasteiger partial charge in [-0.2, -0.15) is 0 Å². The molecule has 6 amide bonds. The highest BCUT2D eigenvalue weighted by Crippen LogP contribution is 2.40. The maximum absolute atomic E-state index is 13.2. The lowest BCUT2D eigenvalue weighted by Crippen LogP contribution is -2.54. The maximum Gasteiger partial charge on any atom is 0.266 e. The molecule has 2 aromatic carbocycles. The Morgan fingerprint density at radius 2 is 1.72 bits per heavy atom. The van der Waals surface area contributed by atoms with Crippen molar-refractivity contribution in [3.63, 3.8) is 0 Å². The number of amides is 6. The van der Waals surface area contributed by atoms with Gasteiger partial charge < -0.3 is 20.1 Å². The normalized spacial score (nSPS) is 17.3. The Morgan fingerprint density at radius 3 is 2.49 bits per heavy atom. The molecule has 1 fully saturated rings. The number of aromatic nitrogens is 3. The van der Waals surface area contributed by atoms with Crippen LogP contribution in [-0.2, 0) is 23.9 Å². The molecular formula is C39H39ClN8O8S. The summed E-state index contributed by atoms with van der Waals surface area (Å²) < 4.78 is 13.3. The van der Waals surface area contributed by atoms with Crippen molar-refractivity contribution in [2.45, 2.75) is 58.5 Å². The van der Waals surface area contributed by atoms with Crippen LogP contribution in [0.1, 0.15) is 85.7 Å². The molecule has 0 spiro atoms. The number of aliphatic imine (C=N–C) groups is 1. The van der Waals surface area contributed by atoms with Crippen molar-refractivity contribution < 1.29 is 38.2 Å². The number of halogens is 1. The van der Waals surface area contributed by atoms with Gasteiger partial charge in [0.15, 0.2) is 12.4 Å². The van der Waals surface area contributed by atoms with Gasteiger partial charge in [-0.25, -0.2) is 0 Å². The molecule has 16 nitrogen and oxygen atoms in total. The fourth-order valence-corrected chi connectivity index (χ4v) is 8.29. The highest BCUT2D eigenvalue weighted by atomic mass is 35.5. The average molecular weight is 815 g/mol. The lowest BCUT2D eigenvalue weighted by atomic mass is 9.99. The highest BCUT2D eigenvalue weighted by Gasteiger charge is 2.46. The van der Waals surface area contributed by atoms with E-state index in [-0.39, 0.29) is 61.7 Å². The molecule has 4 aromatic rings. The first-order chi connectivity index (χ1) is 27.4. The summed E-state index contributed by atoms with van der Waals surface area (Å²) in [5.74, 6) is -1.92. The molecule has 0 aliphatic carbocycles. The van der Waals surface area contributed by atoms with E-state index in [9.17, 15) is 28.8 Å². The second-order valence-corrected chi connectivity index (χ2v) is 15.3. The smallest absolute Gasteiger partial charge is 0.266 e. The van der Waals surface area contributed by atoms with Gasteiger partial charge in [-0.15, -0.1) is 21.5 Å². The van der Waals surface area contributed by atoms with E-state index in [1.807, 2.05) is 35.8 Å². The number of ether oxygens (including phenoxy) is 2. The number of benzene rings is 2. The summed E-state index contributed by atoms with van der Waals surface area (Å²) in [6, 6.07) is 10.2. The first kappa shape index (κ1) is 39.5. The maximum atomic E-state index is 13.2. The minimum Gasteiger partial charge on any atom is -0.483 e. The molecule has 18 heteroatoms. The minimum atomic E-state index is -1.11. The SMILES string of the molecule is Cc1sc2c(c1C)C(c1ccc(Cl)cc1)=N[C@@H](CC(=O)NCCOCCCNC(=O)COc1cccc3c1C(=O)N(C1CCC(=O)NC1=O)C3=O)c1nnc(C)n1-2. The van der Waals surface area contributed by atoms with Gasteiger partial charge in [0.1, 0.15) is 28.7 Å². The summed E-state index contributed by atoms with van der Waals surface area (Å²) >= 11 is 7.84. The van der Waals surface area contributed by atoms with Crippen LogP contribution in [0.25, 0.3) is 5.00 Å². The van der Waals surface area contributed by atoms with E-state index in [0.29, 0.717) is 29.7 Å². The molecule has 1 saturated heterocycles. The Labute approximate surface area is 336 Å². The molecule has 3 aliphatic heterocycles. The van der Waals surface area contributed by atoms with Crippen molar-refractivity contribution >= 4 is 64.1 Å². The van der Waals surface area contributed by atoms with Crippen molar-refractivity contribution in [2.24, 2.45) is 4.99 Å². The van der Waals surface area contributed by atoms with Crippen molar-refractivity contribution in [3.05, 3.63) is 91.8 Å². The number of rotatable bonds is 14. The number of imide groups is 2. The van der Waals surface area contributed by atoms with Crippen LogP contribution < -0.4 is 20.7 Å². The number of piperidine rings is 1. The van der Waals surface area contributed by atoms with E-state index >= 15 is 0 Å². The van der Waals surface area contributed by atoms with E-state index in [1.54, 1.807) is 11.3 Å². The van der Waals surface area contributed by atoms with E-state index in [2.05, 4.69) is 40.0 Å². The summed E-state index contributed by atoms with van der Waals surface area (Å²) in [7, 11) is 0. The zero-order valence-corrected chi connectivity index (χ0v) is 32.9. The van der Waals surface area contributed by atoms with Crippen molar-refractivity contribution in [1.29, 1.82) is 0 Å². The second kappa shape index (κ2) is 16.8. The van der Waals surface area contributed by atoms with Gasteiger partial charge in [0.25, 0.3) is 17.7 Å². The van der Waals surface area contributed by atoms with Crippen LogP contribution in [-0.4, -0.2) is 99.8 Å². The zero-order valence-electron chi connectivity index (χ0n) is 31.3. The third-order valence-electron chi connectivity index (χ3n) is 9.88. The van der Waals surface area contributed by atoms with Crippen molar-refractivity contribution in [3.8, 4) is 10.8 Å². The van der Waals surface area contributed by atoms with E-state index in [0.717, 1.165) is 37.2 Å². The van der Waals surface area contributed by atoms with Crippen molar-refractivity contribution in [1.82, 2.24) is 35.6 Å². The van der Waals surface area contributed by atoms with E-state index in [1.165, 1.54) is 18.2 Å². The van der Waals surface area contributed by atoms with Crippen LogP contribution in [0.2, 0.25) is 5.02 Å². The monoisotopic (exact) mass is 814 g/mol. The van der Waals surface area contributed by atoms with Gasteiger partial charge in [0, 0.05) is 47.1 Å². The number of hydrogen-bond acceptors (Lipinski definition) is 12. The van der Waals surface area contributed by atoms with Crippen LogP contribution >= 0.6 is 22.9 Å². The topological polar surface area (TPSA) is 203 Å². The summed E-state index contributed by atoms with van der Waals surface area (Å²) in [5, 5.41) is 18.1. The van der Waals surface area contributed by atoms with Crippen LogP contribution in [0.5, 0.6) is 5.75 Å². The molecule has 5 heterocycles. The molecule has 3 aliphatic rings. The molecule has 2 aromatic heterocycles. The first-order valence-corrected chi connectivity index (χ1v) is 19.6. The summed E-state index contributed by atoms with van der Waals surface area (Å²) in [4.78, 5) is 83.0. The molecule has 0 bridgehead atoms. The lowest BCUT2D eigenvalue weighted by Gasteiger charge is -2.27. The molecule has 296 valence electrons. The number of carbonyl (C=O) groups is 6. The van der Waals surface area contributed by atoms with E-state index < -0.39 is 48.2 Å². The molecule has 57 heavy (non-hydrogen) atoms. The van der Waals surface area contributed by atoms with Gasteiger partial charge in [-0.05, 0) is 63.4 Å². The third-order valence-corrected chi connectivity index (χ3v) is 11.3. The summed E-state index contributed by atoms with van der Waals surface area (Å²) in [6.45, 7) is 6.72.